The molecule has 0 rings (SSSR count). The zero-order chi connectivity index (χ0) is 4.83. The molecule has 2 heteroatoms. The van der Waals surface area contributed by atoms with Crippen LogP contribution in [0.2, 0.25) is 0 Å². The Balaban J connectivity index is 2.85. The van der Waals surface area contributed by atoms with Crippen LogP contribution in [0.25, 0.3) is 0 Å². The number of nitrogens with zero attached hydrogens (tertiary/aromatic N) is 1. The van der Waals surface area contributed by atoms with Gasteiger partial charge in [0.05, 0.1) is 6.26 Å². The van der Waals surface area contributed by atoms with E-state index in [0.717, 1.165) is 0 Å². The molecule has 0 heterocycles. The number of hydrogen-bond donors (Lipinski definition) is 0. The third-order valence-corrected chi connectivity index (χ3v) is 0.262. The van der Waals surface area contributed by atoms with Crippen molar-refractivity contribution in [2.75, 3.05) is 7.05 Å². The fourth-order valence-corrected chi connectivity index (χ4v) is 0.104. The second-order valence-electron chi connectivity index (χ2n) is 0.666. The lowest BCUT2D eigenvalue weighted by Gasteiger charge is -1.78. The van der Waals surface area contributed by atoms with Crippen molar-refractivity contribution >= 4 is 6.40 Å². The maximum Gasteiger partial charge on any atom is 0.175 e. The summed E-state index contributed by atoms with van der Waals surface area (Å²) in [5, 5.41) is 0. The standard InChI is InChI=1S/C4H7NO/c1-3-6-4-5-2/h3-4H,1H2,2H3/b5-4-. The quantitative estimate of drug-likeness (QED) is 0.276. The van der Waals surface area contributed by atoms with E-state index in [4.69, 9.17) is 0 Å². The minimum Gasteiger partial charge on any atom is -0.454 e. The van der Waals surface area contributed by atoms with E-state index in [9.17, 15) is 0 Å². The number of rotatable bonds is 2. The van der Waals surface area contributed by atoms with Crippen molar-refractivity contribution in [3.05, 3.63) is 12.8 Å². The van der Waals surface area contributed by atoms with Crippen LogP contribution < -0.4 is 0 Å². The summed E-state index contributed by atoms with van der Waals surface area (Å²) >= 11 is 0. The van der Waals surface area contributed by atoms with Crippen molar-refractivity contribution in [3.8, 4) is 0 Å². The van der Waals surface area contributed by atoms with Crippen molar-refractivity contribution in [1.29, 1.82) is 0 Å². The predicted molar refractivity (Wildman–Crippen MR) is 25.7 cm³/mol. The molecule has 0 fully saturated rings. The Kier molecular flexibility index (Phi) is 3.66. The molecule has 0 aromatic carbocycles. The molecule has 0 spiro atoms. The Labute approximate surface area is 37.2 Å². The Bertz CT molecular complexity index is 58.6. The molecule has 0 saturated carbocycles. The van der Waals surface area contributed by atoms with E-state index in [1.54, 1.807) is 7.05 Å². The lowest BCUT2D eigenvalue weighted by molar-refractivity contribution is 0.495. The molecule has 0 atom stereocenters. The molecule has 0 saturated heterocycles. The van der Waals surface area contributed by atoms with Crippen LogP contribution in [-0.2, 0) is 4.74 Å². The average molecular weight is 85.1 g/mol. The Morgan fingerprint density at radius 1 is 1.83 bits per heavy atom. The first-order chi connectivity index (χ1) is 2.91. The number of aliphatic imine (C=N–C) groups is 1. The van der Waals surface area contributed by atoms with Gasteiger partial charge in [0.25, 0.3) is 0 Å². The van der Waals surface area contributed by atoms with Crippen LogP contribution in [0, 0.1) is 0 Å². The Hall–Kier alpha value is -0.790. The first-order valence-corrected chi connectivity index (χ1v) is 1.59. The van der Waals surface area contributed by atoms with Crippen LogP contribution in [0.1, 0.15) is 0 Å². The second kappa shape index (κ2) is 4.21. The van der Waals surface area contributed by atoms with Crippen LogP contribution in [0.5, 0.6) is 0 Å². The first-order valence-electron chi connectivity index (χ1n) is 1.59. The lowest BCUT2D eigenvalue weighted by Crippen LogP contribution is -1.70. The van der Waals surface area contributed by atoms with Crippen molar-refractivity contribution in [2.45, 2.75) is 0 Å². The van der Waals surface area contributed by atoms with Crippen LogP contribution in [-0.4, -0.2) is 13.4 Å². The monoisotopic (exact) mass is 85.1 g/mol. The number of ether oxygens (including phenoxy) is 1. The van der Waals surface area contributed by atoms with Gasteiger partial charge in [0.2, 0.25) is 0 Å². The predicted octanol–water partition coefficient (Wildman–Crippen LogP) is 0.805. The van der Waals surface area contributed by atoms with Gasteiger partial charge in [-0.15, -0.1) is 0 Å². The summed E-state index contributed by atoms with van der Waals surface area (Å²) < 4.78 is 4.45. The van der Waals surface area contributed by atoms with Crippen molar-refractivity contribution < 1.29 is 4.74 Å². The van der Waals surface area contributed by atoms with Gasteiger partial charge in [-0.25, -0.2) is 0 Å². The summed E-state index contributed by atoms with van der Waals surface area (Å²) in [7, 11) is 1.63. The van der Waals surface area contributed by atoms with Crippen LogP contribution in [0.4, 0.5) is 0 Å². The maximum absolute atomic E-state index is 4.45. The van der Waals surface area contributed by atoms with E-state index in [1.165, 1.54) is 12.7 Å². The van der Waals surface area contributed by atoms with Gasteiger partial charge in [0.1, 0.15) is 0 Å². The van der Waals surface area contributed by atoms with Crippen molar-refractivity contribution in [1.82, 2.24) is 0 Å². The third kappa shape index (κ3) is 3.21. The molecule has 0 bridgehead atoms. The van der Waals surface area contributed by atoms with E-state index >= 15 is 0 Å². The van der Waals surface area contributed by atoms with Crippen LogP contribution >= 0.6 is 0 Å². The molecule has 6 heavy (non-hydrogen) atoms. The zero-order valence-electron chi connectivity index (χ0n) is 3.72. The van der Waals surface area contributed by atoms with Gasteiger partial charge in [0, 0.05) is 7.05 Å². The maximum atomic E-state index is 4.45. The van der Waals surface area contributed by atoms with Gasteiger partial charge in [-0.1, -0.05) is 6.58 Å². The van der Waals surface area contributed by atoms with E-state index < -0.39 is 0 Å². The van der Waals surface area contributed by atoms with Gasteiger partial charge >= 0.3 is 0 Å². The molecule has 0 aliphatic carbocycles. The molecule has 0 aromatic heterocycles. The highest BCUT2D eigenvalue weighted by molar-refractivity contribution is 5.46. The molecular weight excluding hydrogens is 78.0 g/mol. The molecule has 0 aliphatic rings. The lowest BCUT2D eigenvalue weighted by atomic mass is 11.1. The molecule has 0 amide bonds. The topological polar surface area (TPSA) is 21.6 Å². The van der Waals surface area contributed by atoms with Gasteiger partial charge in [-0.2, -0.15) is 0 Å². The minimum absolute atomic E-state index is 1.31. The summed E-state index contributed by atoms with van der Waals surface area (Å²) in [4.78, 5) is 3.51. The highest BCUT2D eigenvalue weighted by Crippen LogP contribution is 1.61. The third-order valence-electron chi connectivity index (χ3n) is 0.262. The van der Waals surface area contributed by atoms with E-state index in [-0.39, 0.29) is 0 Å². The molecule has 0 aliphatic heterocycles. The molecule has 0 unspecified atom stereocenters. The fraction of sp³-hybridized carbons (Fsp3) is 0.250. The molecule has 0 N–H and O–H groups in total. The largest absolute Gasteiger partial charge is 0.454 e. The normalized spacial score (nSPS) is 8.83. The smallest absolute Gasteiger partial charge is 0.175 e. The average Bonchev–Trinajstić information content (AvgIpc) is 1.61. The molecule has 0 aromatic rings. The summed E-state index contributed by atoms with van der Waals surface area (Å²) in [5.74, 6) is 0. The SMILES string of the molecule is C=CO/C=N\C. The van der Waals surface area contributed by atoms with Gasteiger partial charge < -0.3 is 4.74 Å². The van der Waals surface area contributed by atoms with Gasteiger partial charge in [0.15, 0.2) is 6.40 Å². The summed E-state index contributed by atoms with van der Waals surface area (Å²) in [6.45, 7) is 3.28. The van der Waals surface area contributed by atoms with E-state index in [1.807, 2.05) is 0 Å². The Morgan fingerprint density at radius 3 is 2.67 bits per heavy atom. The Morgan fingerprint density at radius 2 is 2.50 bits per heavy atom. The van der Waals surface area contributed by atoms with Crippen LogP contribution in [0.3, 0.4) is 0 Å². The second-order valence-corrected chi connectivity index (χ2v) is 0.666. The van der Waals surface area contributed by atoms with Crippen LogP contribution in [0.15, 0.2) is 17.8 Å². The molecule has 0 radical (unpaired) electrons. The summed E-state index contributed by atoms with van der Waals surface area (Å²) in [5.41, 5.74) is 0. The van der Waals surface area contributed by atoms with Gasteiger partial charge in [-0.3, -0.25) is 4.99 Å². The summed E-state index contributed by atoms with van der Waals surface area (Å²) in [6.07, 6.45) is 2.62. The van der Waals surface area contributed by atoms with Crippen molar-refractivity contribution in [2.24, 2.45) is 4.99 Å². The van der Waals surface area contributed by atoms with E-state index in [0.29, 0.717) is 0 Å². The molecule has 2 nitrogen and oxygen atoms in total. The molecular formula is C4H7NO. The zero-order valence-corrected chi connectivity index (χ0v) is 3.72. The first kappa shape index (κ1) is 5.21. The fourth-order valence-electron chi connectivity index (χ4n) is 0.104. The number of hydrogen-bond acceptors (Lipinski definition) is 2. The molecule has 34 valence electrons. The minimum atomic E-state index is 1.31. The highest BCUT2D eigenvalue weighted by Gasteiger charge is 1.53. The van der Waals surface area contributed by atoms with Crippen molar-refractivity contribution in [3.63, 3.8) is 0 Å². The van der Waals surface area contributed by atoms with E-state index in [2.05, 4.69) is 16.3 Å². The summed E-state index contributed by atoms with van der Waals surface area (Å²) in [6, 6.07) is 0. The van der Waals surface area contributed by atoms with Gasteiger partial charge in [-0.05, 0) is 0 Å². The highest BCUT2D eigenvalue weighted by atomic mass is 16.5.